The Balaban J connectivity index is 2.11. The molecule has 0 radical (unpaired) electrons. The standard InChI is InChI=1S/C10H11BrO3/c11-10-3-6-1-5(7(10)12)2-9(6,4-10)8(13)14/h5-6H,1-4H2,(H,13,14). The van der Waals surface area contributed by atoms with Crippen LogP contribution < -0.4 is 0 Å². The maximum atomic E-state index is 11.9. The lowest BCUT2D eigenvalue weighted by atomic mass is 9.75. The van der Waals surface area contributed by atoms with Gasteiger partial charge in [-0.2, -0.15) is 0 Å². The van der Waals surface area contributed by atoms with Crippen molar-refractivity contribution in [3.63, 3.8) is 0 Å². The van der Waals surface area contributed by atoms with E-state index in [1.807, 2.05) is 0 Å². The van der Waals surface area contributed by atoms with Crippen LogP contribution in [-0.2, 0) is 9.59 Å². The molecule has 0 aromatic heterocycles. The van der Waals surface area contributed by atoms with Gasteiger partial charge in [0.2, 0.25) is 0 Å². The van der Waals surface area contributed by atoms with Gasteiger partial charge in [-0.3, -0.25) is 9.59 Å². The third kappa shape index (κ3) is 0.757. The normalized spacial score (nSPS) is 54.2. The van der Waals surface area contributed by atoms with Crippen molar-refractivity contribution >= 4 is 27.7 Å². The fourth-order valence-corrected chi connectivity index (χ4v) is 5.02. The molecule has 4 atom stereocenters. The van der Waals surface area contributed by atoms with Gasteiger partial charge in [0.05, 0.1) is 9.74 Å². The first-order chi connectivity index (χ1) is 6.48. The summed E-state index contributed by atoms with van der Waals surface area (Å²) >= 11 is 3.46. The number of alkyl halides is 1. The monoisotopic (exact) mass is 258 g/mol. The number of aliphatic carboxylic acids is 1. The molecule has 4 saturated carbocycles. The lowest BCUT2D eigenvalue weighted by Gasteiger charge is -2.33. The molecular weight excluding hydrogens is 248 g/mol. The molecule has 0 aromatic carbocycles. The highest BCUT2D eigenvalue weighted by molar-refractivity contribution is 9.10. The van der Waals surface area contributed by atoms with Gasteiger partial charge in [-0.25, -0.2) is 0 Å². The Kier molecular flexibility index (Phi) is 1.42. The molecular formula is C10H11BrO3. The largest absolute Gasteiger partial charge is 0.481 e. The Morgan fingerprint density at radius 2 is 2.21 bits per heavy atom. The van der Waals surface area contributed by atoms with E-state index < -0.39 is 15.7 Å². The van der Waals surface area contributed by atoms with Crippen LogP contribution in [0.3, 0.4) is 0 Å². The Morgan fingerprint density at radius 1 is 1.50 bits per heavy atom. The van der Waals surface area contributed by atoms with E-state index in [-0.39, 0.29) is 17.6 Å². The van der Waals surface area contributed by atoms with Crippen LogP contribution in [0.15, 0.2) is 0 Å². The Morgan fingerprint density at radius 3 is 2.71 bits per heavy atom. The molecule has 4 unspecified atom stereocenters. The number of ketones is 1. The Labute approximate surface area is 90.0 Å². The van der Waals surface area contributed by atoms with E-state index in [4.69, 9.17) is 0 Å². The third-order valence-corrected chi connectivity index (χ3v) is 5.36. The average Bonchev–Trinajstić information content (AvgIpc) is 2.49. The summed E-state index contributed by atoms with van der Waals surface area (Å²) in [6.45, 7) is 0. The summed E-state index contributed by atoms with van der Waals surface area (Å²) < 4.78 is -0.489. The summed E-state index contributed by atoms with van der Waals surface area (Å²) in [7, 11) is 0. The Bertz CT molecular complexity index is 353. The van der Waals surface area contributed by atoms with Gasteiger partial charge in [0.25, 0.3) is 0 Å². The van der Waals surface area contributed by atoms with Crippen molar-refractivity contribution in [2.45, 2.75) is 30.0 Å². The average molecular weight is 259 g/mol. The zero-order valence-electron chi connectivity index (χ0n) is 7.62. The van der Waals surface area contributed by atoms with E-state index >= 15 is 0 Å². The van der Waals surface area contributed by atoms with E-state index in [0.717, 1.165) is 12.8 Å². The van der Waals surface area contributed by atoms with Crippen LogP contribution in [0.5, 0.6) is 0 Å². The van der Waals surface area contributed by atoms with Crippen molar-refractivity contribution in [2.24, 2.45) is 17.3 Å². The fourth-order valence-electron chi connectivity index (χ4n) is 3.81. The summed E-state index contributed by atoms with van der Waals surface area (Å²) in [5.41, 5.74) is -0.581. The number of hydrogen-bond acceptors (Lipinski definition) is 2. The van der Waals surface area contributed by atoms with Crippen molar-refractivity contribution in [2.75, 3.05) is 0 Å². The minimum Gasteiger partial charge on any atom is -0.481 e. The second-order valence-corrected chi connectivity index (χ2v) is 6.52. The molecule has 3 nitrogen and oxygen atoms in total. The second kappa shape index (κ2) is 2.23. The van der Waals surface area contributed by atoms with Crippen LogP contribution in [0.25, 0.3) is 0 Å². The van der Waals surface area contributed by atoms with Gasteiger partial charge in [0.15, 0.2) is 5.78 Å². The van der Waals surface area contributed by atoms with Gasteiger partial charge in [-0.15, -0.1) is 0 Å². The van der Waals surface area contributed by atoms with Crippen molar-refractivity contribution in [1.29, 1.82) is 0 Å². The molecule has 76 valence electrons. The summed E-state index contributed by atoms with van der Waals surface area (Å²) in [5, 5.41) is 9.28. The second-order valence-electron chi connectivity index (χ2n) is 5.01. The lowest BCUT2D eigenvalue weighted by molar-refractivity contribution is -0.151. The molecule has 4 bridgehead atoms. The molecule has 0 amide bonds. The number of carboxylic acid groups (broad SMARTS) is 1. The number of carbonyl (C=O) groups is 2. The molecule has 0 saturated heterocycles. The van der Waals surface area contributed by atoms with Gasteiger partial charge in [-0.05, 0) is 31.6 Å². The van der Waals surface area contributed by atoms with Gasteiger partial charge in [0, 0.05) is 5.92 Å². The molecule has 0 spiro atoms. The van der Waals surface area contributed by atoms with Crippen LogP contribution in [0.4, 0.5) is 0 Å². The Hall–Kier alpha value is -0.380. The van der Waals surface area contributed by atoms with Crippen molar-refractivity contribution in [3.8, 4) is 0 Å². The van der Waals surface area contributed by atoms with Crippen LogP contribution in [-0.4, -0.2) is 21.2 Å². The van der Waals surface area contributed by atoms with Crippen LogP contribution in [0.2, 0.25) is 0 Å². The van der Waals surface area contributed by atoms with Crippen LogP contribution in [0, 0.1) is 17.3 Å². The maximum Gasteiger partial charge on any atom is 0.310 e. The van der Waals surface area contributed by atoms with E-state index in [9.17, 15) is 14.7 Å². The number of carbonyl (C=O) groups excluding carboxylic acids is 1. The fraction of sp³-hybridized carbons (Fsp3) is 0.800. The molecule has 4 aliphatic rings. The summed E-state index contributed by atoms with van der Waals surface area (Å²) in [6, 6.07) is 0. The van der Waals surface area contributed by atoms with E-state index in [1.165, 1.54) is 0 Å². The predicted octanol–water partition coefficient (Wildman–Crippen LogP) is 1.59. The highest BCUT2D eigenvalue weighted by Crippen LogP contribution is 2.67. The molecule has 0 aromatic rings. The highest BCUT2D eigenvalue weighted by atomic mass is 79.9. The van der Waals surface area contributed by atoms with Crippen molar-refractivity contribution in [3.05, 3.63) is 0 Å². The molecule has 1 N–H and O–H groups in total. The molecule has 4 heteroatoms. The summed E-state index contributed by atoms with van der Waals surface area (Å²) in [4.78, 5) is 23.2. The molecule has 14 heavy (non-hydrogen) atoms. The van der Waals surface area contributed by atoms with E-state index in [1.54, 1.807) is 0 Å². The van der Waals surface area contributed by atoms with Gasteiger partial charge in [-0.1, -0.05) is 15.9 Å². The van der Waals surface area contributed by atoms with Crippen molar-refractivity contribution < 1.29 is 14.7 Å². The number of Topliss-reactive ketones (excluding diaryl/α,β-unsaturated/α-hetero) is 1. The number of hydrogen-bond donors (Lipinski definition) is 1. The van der Waals surface area contributed by atoms with Gasteiger partial charge >= 0.3 is 5.97 Å². The number of rotatable bonds is 1. The SMILES string of the molecule is O=C1C2CC3CC1(Br)CC3(C(=O)O)C2. The highest BCUT2D eigenvalue weighted by Gasteiger charge is 2.70. The van der Waals surface area contributed by atoms with E-state index in [2.05, 4.69) is 15.9 Å². The molecule has 4 aliphatic carbocycles. The number of halogens is 1. The zero-order chi connectivity index (χ0) is 10.1. The predicted molar refractivity (Wildman–Crippen MR) is 52.2 cm³/mol. The van der Waals surface area contributed by atoms with E-state index in [0.29, 0.717) is 12.8 Å². The number of carboxylic acids is 1. The zero-order valence-corrected chi connectivity index (χ0v) is 9.21. The smallest absolute Gasteiger partial charge is 0.310 e. The molecule has 0 heterocycles. The first-order valence-electron chi connectivity index (χ1n) is 4.95. The molecule has 4 rings (SSSR count). The minimum atomic E-state index is -0.696. The lowest BCUT2D eigenvalue weighted by Crippen LogP contribution is -2.43. The summed E-state index contributed by atoms with van der Waals surface area (Å²) in [6.07, 6.45) is 2.63. The molecule has 4 fully saturated rings. The van der Waals surface area contributed by atoms with Crippen LogP contribution >= 0.6 is 15.9 Å². The quantitative estimate of drug-likeness (QED) is 0.727. The topological polar surface area (TPSA) is 54.4 Å². The third-order valence-electron chi connectivity index (χ3n) is 4.37. The summed E-state index contributed by atoms with van der Waals surface area (Å²) in [5.74, 6) is -0.206. The maximum absolute atomic E-state index is 11.9. The van der Waals surface area contributed by atoms with Gasteiger partial charge in [0.1, 0.15) is 0 Å². The molecule has 0 aliphatic heterocycles. The van der Waals surface area contributed by atoms with Gasteiger partial charge < -0.3 is 5.11 Å². The minimum absolute atomic E-state index is 0.0120. The first-order valence-corrected chi connectivity index (χ1v) is 5.74. The first kappa shape index (κ1) is 8.89. The van der Waals surface area contributed by atoms with Crippen molar-refractivity contribution in [1.82, 2.24) is 0 Å². The van der Waals surface area contributed by atoms with Crippen LogP contribution in [0.1, 0.15) is 25.7 Å².